The van der Waals surface area contributed by atoms with Crippen molar-refractivity contribution in [2.75, 3.05) is 0 Å². The van der Waals surface area contributed by atoms with Crippen LogP contribution in [0.5, 0.6) is 0 Å². The third kappa shape index (κ3) is 4.74. The summed E-state index contributed by atoms with van der Waals surface area (Å²) in [5.74, 6) is -0.300. The fourth-order valence-corrected chi connectivity index (χ4v) is 1.21. The van der Waals surface area contributed by atoms with E-state index in [-0.39, 0.29) is 5.97 Å². The summed E-state index contributed by atoms with van der Waals surface area (Å²) in [6, 6.07) is 7.55. The molecule has 4 heteroatoms. The van der Waals surface area contributed by atoms with E-state index in [4.69, 9.17) is 0 Å². The molecule has 0 radical (unpaired) electrons. The van der Waals surface area contributed by atoms with Crippen LogP contribution >= 0.6 is 15.9 Å². The highest BCUT2D eigenvalue weighted by Gasteiger charge is 1.97. The van der Waals surface area contributed by atoms with Crippen LogP contribution in [0.25, 0.3) is 0 Å². The van der Waals surface area contributed by atoms with Gasteiger partial charge < -0.3 is 4.84 Å². The number of nitrogens with zero attached hydrogens (tertiary/aromatic N) is 1. The van der Waals surface area contributed by atoms with Gasteiger partial charge in [-0.15, -0.1) is 0 Å². The molecule has 80 valence electrons. The first-order valence-corrected chi connectivity index (χ1v) is 5.50. The lowest BCUT2D eigenvalue weighted by Crippen LogP contribution is -1.98. The van der Waals surface area contributed by atoms with Crippen molar-refractivity contribution in [3.05, 3.63) is 34.3 Å². The Morgan fingerprint density at radius 3 is 2.73 bits per heavy atom. The molecule has 0 aromatic heterocycles. The normalized spacial score (nSPS) is 10.5. The average molecular weight is 270 g/mol. The van der Waals surface area contributed by atoms with E-state index < -0.39 is 0 Å². The van der Waals surface area contributed by atoms with Crippen LogP contribution in [0.4, 0.5) is 0 Å². The van der Waals surface area contributed by atoms with Gasteiger partial charge in [0.2, 0.25) is 0 Å². The van der Waals surface area contributed by atoms with Crippen LogP contribution in [0.15, 0.2) is 33.9 Å². The van der Waals surface area contributed by atoms with Crippen LogP contribution in [0.1, 0.15) is 25.3 Å². The van der Waals surface area contributed by atoms with E-state index in [1.165, 1.54) is 6.21 Å². The summed E-state index contributed by atoms with van der Waals surface area (Å²) < 4.78 is 1.00. The van der Waals surface area contributed by atoms with Crippen LogP contribution in [0.3, 0.4) is 0 Å². The highest BCUT2D eigenvalue weighted by atomic mass is 79.9. The molecule has 1 aromatic carbocycles. The van der Waals surface area contributed by atoms with E-state index in [1.54, 1.807) is 0 Å². The summed E-state index contributed by atoms with van der Waals surface area (Å²) in [6.45, 7) is 1.92. The van der Waals surface area contributed by atoms with Gasteiger partial charge in [-0.1, -0.05) is 40.1 Å². The molecule has 0 aliphatic rings. The number of oxime groups is 1. The second kappa shape index (κ2) is 6.35. The van der Waals surface area contributed by atoms with Gasteiger partial charge in [-0.05, 0) is 24.1 Å². The number of hydrogen-bond donors (Lipinski definition) is 0. The molecule has 0 unspecified atom stereocenters. The Morgan fingerprint density at radius 2 is 2.13 bits per heavy atom. The number of carbonyl (C=O) groups excluding carboxylic acids is 1. The second-order valence-electron chi connectivity index (χ2n) is 3.00. The van der Waals surface area contributed by atoms with E-state index >= 15 is 0 Å². The molecule has 0 heterocycles. The van der Waals surface area contributed by atoms with Crippen molar-refractivity contribution in [2.24, 2.45) is 5.16 Å². The minimum Gasteiger partial charge on any atom is -0.318 e. The molecule has 0 saturated carbocycles. The minimum absolute atomic E-state index is 0.300. The molecule has 0 amide bonds. The van der Waals surface area contributed by atoms with Crippen LogP contribution in [0, 0.1) is 0 Å². The number of benzene rings is 1. The zero-order chi connectivity index (χ0) is 11.1. The first-order valence-electron chi connectivity index (χ1n) is 4.71. The van der Waals surface area contributed by atoms with Gasteiger partial charge in [0.1, 0.15) is 0 Å². The number of hydrogen-bond acceptors (Lipinski definition) is 3. The number of rotatable bonds is 4. The van der Waals surface area contributed by atoms with Crippen molar-refractivity contribution in [3.8, 4) is 0 Å². The lowest BCUT2D eigenvalue weighted by molar-refractivity contribution is -0.143. The molecule has 0 atom stereocenters. The Balaban J connectivity index is 2.44. The van der Waals surface area contributed by atoms with Crippen LogP contribution in [-0.4, -0.2) is 12.2 Å². The van der Waals surface area contributed by atoms with E-state index in [2.05, 4.69) is 25.9 Å². The van der Waals surface area contributed by atoms with E-state index in [0.717, 1.165) is 16.5 Å². The Hall–Kier alpha value is -1.16. The maximum absolute atomic E-state index is 10.9. The Bertz CT molecular complexity index is 346. The molecule has 0 aliphatic carbocycles. The summed E-state index contributed by atoms with van der Waals surface area (Å²) in [6.07, 6.45) is 2.68. The minimum atomic E-state index is -0.300. The highest BCUT2D eigenvalue weighted by molar-refractivity contribution is 9.10. The highest BCUT2D eigenvalue weighted by Crippen LogP contribution is 2.09. The first-order chi connectivity index (χ1) is 7.22. The fourth-order valence-electron chi connectivity index (χ4n) is 0.945. The average Bonchev–Trinajstić information content (AvgIpc) is 2.21. The summed E-state index contributed by atoms with van der Waals surface area (Å²) in [4.78, 5) is 15.6. The quantitative estimate of drug-likeness (QED) is 0.479. The van der Waals surface area contributed by atoms with Gasteiger partial charge in [0.15, 0.2) is 0 Å². The van der Waals surface area contributed by atoms with Gasteiger partial charge >= 0.3 is 5.97 Å². The molecule has 1 rings (SSSR count). The molecule has 1 aromatic rings. The number of halogens is 1. The van der Waals surface area contributed by atoms with Crippen LogP contribution in [-0.2, 0) is 9.63 Å². The Labute approximate surface area is 97.2 Å². The lowest BCUT2D eigenvalue weighted by Gasteiger charge is -1.95. The maximum Gasteiger partial charge on any atom is 0.335 e. The topological polar surface area (TPSA) is 38.7 Å². The zero-order valence-electron chi connectivity index (χ0n) is 8.44. The third-order valence-electron chi connectivity index (χ3n) is 1.68. The predicted molar refractivity (Wildman–Crippen MR) is 62.7 cm³/mol. The summed E-state index contributed by atoms with van der Waals surface area (Å²) in [5.41, 5.74) is 0.891. The van der Waals surface area contributed by atoms with Crippen molar-refractivity contribution in [3.63, 3.8) is 0 Å². The van der Waals surface area contributed by atoms with Crippen molar-refractivity contribution in [1.29, 1.82) is 0 Å². The monoisotopic (exact) mass is 269 g/mol. The van der Waals surface area contributed by atoms with Crippen molar-refractivity contribution >= 4 is 28.1 Å². The second-order valence-corrected chi connectivity index (χ2v) is 3.92. The molecule has 0 bridgehead atoms. The molecular weight excluding hydrogens is 258 g/mol. The molecule has 0 fully saturated rings. The third-order valence-corrected chi connectivity index (χ3v) is 2.21. The van der Waals surface area contributed by atoms with Gasteiger partial charge in [-0.2, -0.15) is 0 Å². The van der Waals surface area contributed by atoms with Crippen molar-refractivity contribution in [2.45, 2.75) is 19.8 Å². The van der Waals surface area contributed by atoms with E-state index in [1.807, 2.05) is 31.2 Å². The summed E-state index contributed by atoms with van der Waals surface area (Å²) >= 11 is 3.33. The SMILES string of the molecule is CCCC(=O)O/N=C/c1ccc(Br)cc1. The molecule has 15 heavy (non-hydrogen) atoms. The first kappa shape index (κ1) is 11.9. The standard InChI is InChI=1S/C11H12BrNO2/c1-2-3-11(14)15-13-8-9-4-6-10(12)7-5-9/h4-8H,2-3H2,1H3/b13-8+. The molecule has 0 saturated heterocycles. The van der Waals surface area contributed by atoms with E-state index in [0.29, 0.717) is 6.42 Å². The largest absolute Gasteiger partial charge is 0.335 e. The predicted octanol–water partition coefficient (Wildman–Crippen LogP) is 3.13. The van der Waals surface area contributed by atoms with E-state index in [9.17, 15) is 4.79 Å². The van der Waals surface area contributed by atoms with Gasteiger partial charge in [0.25, 0.3) is 0 Å². The maximum atomic E-state index is 10.9. The van der Waals surface area contributed by atoms with Gasteiger partial charge in [-0.3, -0.25) is 0 Å². The fraction of sp³-hybridized carbons (Fsp3) is 0.273. The molecule has 0 spiro atoms. The number of carbonyl (C=O) groups is 1. The zero-order valence-corrected chi connectivity index (χ0v) is 10.0. The Morgan fingerprint density at radius 1 is 1.47 bits per heavy atom. The van der Waals surface area contributed by atoms with Gasteiger partial charge in [-0.25, -0.2) is 4.79 Å². The van der Waals surface area contributed by atoms with Gasteiger partial charge in [0, 0.05) is 10.9 Å². The lowest BCUT2D eigenvalue weighted by atomic mass is 10.2. The van der Waals surface area contributed by atoms with Gasteiger partial charge in [0.05, 0.1) is 6.21 Å². The molecule has 0 aliphatic heterocycles. The molecule has 0 N–H and O–H groups in total. The van der Waals surface area contributed by atoms with Crippen LogP contribution in [0.2, 0.25) is 0 Å². The smallest absolute Gasteiger partial charge is 0.318 e. The summed E-state index contributed by atoms with van der Waals surface area (Å²) in [7, 11) is 0. The van der Waals surface area contributed by atoms with Crippen LogP contribution < -0.4 is 0 Å². The molecule has 3 nitrogen and oxygen atoms in total. The summed E-state index contributed by atoms with van der Waals surface area (Å²) in [5, 5.41) is 3.60. The Kier molecular flexibility index (Phi) is 5.04. The van der Waals surface area contributed by atoms with Crippen molar-refractivity contribution < 1.29 is 9.63 Å². The van der Waals surface area contributed by atoms with Crippen molar-refractivity contribution in [1.82, 2.24) is 0 Å². The molecular formula is C11H12BrNO2.